The Balaban J connectivity index is 2.49. The zero-order valence-corrected chi connectivity index (χ0v) is 4.38. The molecule has 0 saturated carbocycles. The van der Waals surface area contributed by atoms with E-state index in [-0.39, 0.29) is 5.56 Å². The number of rotatable bonds is 0. The molecule has 0 aromatic heterocycles. The predicted octanol–water partition coefficient (Wildman–Crippen LogP) is 0.287. The maximum absolute atomic E-state index is 4.65. The van der Waals surface area contributed by atoms with Gasteiger partial charge in [-0.05, 0) is 0 Å². The van der Waals surface area contributed by atoms with Gasteiger partial charge in [0.25, 0.3) is 0 Å². The summed E-state index contributed by atoms with van der Waals surface area (Å²) in [7, 11) is 0. The lowest BCUT2D eigenvalue weighted by Crippen LogP contribution is -2.03. The summed E-state index contributed by atoms with van der Waals surface area (Å²) in [5.74, 6) is 0. The fourth-order valence-electron chi connectivity index (χ4n) is 0.247. The van der Waals surface area contributed by atoms with Gasteiger partial charge >= 0.3 is 0 Å². The molecule has 3 nitrogen and oxygen atoms in total. The third kappa shape index (κ3) is 1.19. The number of thiol groups is 1. The number of nitrogens with zero attached hydrogens (tertiary/aromatic N) is 2. The molecule has 0 aromatic carbocycles. The summed E-state index contributed by atoms with van der Waals surface area (Å²) < 4.78 is 4.65. The van der Waals surface area contributed by atoms with Gasteiger partial charge in [0.15, 0.2) is 6.40 Å². The van der Waals surface area contributed by atoms with Crippen molar-refractivity contribution in [2.24, 2.45) is 9.98 Å². The van der Waals surface area contributed by atoms with Gasteiger partial charge in [-0.1, -0.05) is 0 Å². The predicted molar refractivity (Wildman–Crippen MR) is 30.8 cm³/mol. The highest BCUT2D eigenvalue weighted by Gasteiger charge is 1.95. The molecular formula is C3H4N2OS. The smallest absolute Gasteiger partial charge is 0.237 e. The van der Waals surface area contributed by atoms with Crippen LogP contribution < -0.4 is 0 Å². The Morgan fingerprint density at radius 3 is 2.86 bits per heavy atom. The monoisotopic (exact) mass is 116 g/mol. The van der Waals surface area contributed by atoms with Crippen LogP contribution in [0.2, 0.25) is 0 Å². The van der Waals surface area contributed by atoms with E-state index in [1.54, 1.807) is 0 Å². The molecule has 1 unspecified atom stereocenters. The van der Waals surface area contributed by atoms with Crippen LogP contribution >= 0.6 is 12.6 Å². The van der Waals surface area contributed by atoms with Gasteiger partial charge in [0, 0.05) is 0 Å². The van der Waals surface area contributed by atoms with E-state index >= 15 is 0 Å². The fraction of sp³-hybridized carbons (Fsp3) is 0.333. The minimum absolute atomic E-state index is 0.350. The van der Waals surface area contributed by atoms with Crippen LogP contribution in [0, 0.1) is 0 Å². The van der Waals surface area contributed by atoms with Crippen LogP contribution in [0.3, 0.4) is 0 Å². The van der Waals surface area contributed by atoms with Crippen LogP contribution in [-0.4, -0.2) is 18.3 Å². The van der Waals surface area contributed by atoms with Crippen LogP contribution in [0.15, 0.2) is 9.98 Å². The normalized spacial score (nSPS) is 27.3. The SMILES string of the molecule is SC1N=CN=CO1. The van der Waals surface area contributed by atoms with E-state index in [4.69, 9.17) is 0 Å². The highest BCUT2D eigenvalue weighted by Crippen LogP contribution is 1.98. The van der Waals surface area contributed by atoms with E-state index in [2.05, 4.69) is 27.4 Å². The van der Waals surface area contributed by atoms with Gasteiger partial charge in [-0.15, -0.1) is 12.6 Å². The van der Waals surface area contributed by atoms with Crippen molar-refractivity contribution < 1.29 is 4.74 Å². The Morgan fingerprint density at radius 2 is 2.57 bits per heavy atom. The first-order valence-electron chi connectivity index (χ1n) is 1.76. The maximum atomic E-state index is 4.65. The molecule has 0 spiro atoms. The molecule has 7 heavy (non-hydrogen) atoms. The van der Waals surface area contributed by atoms with Gasteiger partial charge in [-0.2, -0.15) is 0 Å². The molecule has 0 radical (unpaired) electrons. The average molecular weight is 116 g/mol. The number of hydrogen-bond acceptors (Lipinski definition) is 4. The first-order valence-corrected chi connectivity index (χ1v) is 2.28. The molecule has 4 heteroatoms. The molecule has 38 valence electrons. The van der Waals surface area contributed by atoms with Crippen LogP contribution in [0.5, 0.6) is 0 Å². The molecule has 0 saturated heterocycles. The molecule has 1 rings (SSSR count). The van der Waals surface area contributed by atoms with E-state index in [9.17, 15) is 0 Å². The highest BCUT2D eigenvalue weighted by molar-refractivity contribution is 7.80. The molecule has 0 N–H and O–H groups in total. The Labute approximate surface area is 46.5 Å². The van der Waals surface area contributed by atoms with Gasteiger partial charge in [-0.3, -0.25) is 0 Å². The largest absolute Gasteiger partial charge is 0.449 e. The van der Waals surface area contributed by atoms with Crippen molar-refractivity contribution in [3.05, 3.63) is 0 Å². The van der Waals surface area contributed by atoms with Crippen LogP contribution in [0.25, 0.3) is 0 Å². The molecule has 0 amide bonds. The van der Waals surface area contributed by atoms with Crippen molar-refractivity contribution in [2.75, 3.05) is 0 Å². The molecule has 0 aromatic rings. The minimum atomic E-state index is -0.350. The molecule has 1 atom stereocenters. The average Bonchev–Trinajstić information content (AvgIpc) is 1.69. The van der Waals surface area contributed by atoms with Gasteiger partial charge in [0.1, 0.15) is 6.34 Å². The van der Waals surface area contributed by atoms with Crippen molar-refractivity contribution in [1.82, 2.24) is 0 Å². The Bertz CT molecular complexity index is 112. The molecule has 1 aliphatic rings. The van der Waals surface area contributed by atoms with Crippen molar-refractivity contribution in [1.29, 1.82) is 0 Å². The van der Waals surface area contributed by atoms with E-state index in [1.165, 1.54) is 12.7 Å². The molecule has 1 aliphatic heterocycles. The summed E-state index contributed by atoms with van der Waals surface area (Å²) in [5.41, 5.74) is -0.350. The van der Waals surface area contributed by atoms with Crippen molar-refractivity contribution in [3.8, 4) is 0 Å². The first-order chi connectivity index (χ1) is 3.39. The Kier molecular flexibility index (Phi) is 1.31. The maximum Gasteiger partial charge on any atom is 0.237 e. The Hall–Kier alpha value is -0.510. The second-order valence-electron chi connectivity index (χ2n) is 0.981. The second-order valence-corrected chi connectivity index (χ2v) is 1.42. The lowest BCUT2D eigenvalue weighted by molar-refractivity contribution is 0.298. The molecule has 0 bridgehead atoms. The van der Waals surface area contributed by atoms with Gasteiger partial charge in [0.05, 0.1) is 0 Å². The summed E-state index contributed by atoms with van der Waals surface area (Å²) in [6, 6.07) is 0. The van der Waals surface area contributed by atoms with E-state index < -0.39 is 0 Å². The zero-order valence-electron chi connectivity index (χ0n) is 3.48. The van der Waals surface area contributed by atoms with Crippen molar-refractivity contribution in [3.63, 3.8) is 0 Å². The molecule has 1 heterocycles. The van der Waals surface area contributed by atoms with E-state index in [1.807, 2.05) is 0 Å². The van der Waals surface area contributed by atoms with Crippen LogP contribution in [-0.2, 0) is 4.74 Å². The van der Waals surface area contributed by atoms with Gasteiger partial charge in [-0.25, -0.2) is 9.98 Å². The lowest BCUT2D eigenvalue weighted by Gasteiger charge is -2.04. The number of ether oxygens (including phenoxy) is 1. The zero-order chi connectivity index (χ0) is 5.11. The summed E-state index contributed by atoms with van der Waals surface area (Å²) in [6.45, 7) is 0. The lowest BCUT2D eigenvalue weighted by atomic mass is 11.1. The van der Waals surface area contributed by atoms with Gasteiger partial charge in [0.2, 0.25) is 5.56 Å². The molecular weight excluding hydrogens is 112 g/mol. The third-order valence-corrected chi connectivity index (χ3v) is 0.759. The van der Waals surface area contributed by atoms with Crippen LogP contribution in [0.4, 0.5) is 0 Å². The second kappa shape index (κ2) is 1.97. The van der Waals surface area contributed by atoms with E-state index in [0.717, 1.165) is 0 Å². The summed E-state index contributed by atoms with van der Waals surface area (Å²) in [4.78, 5) is 7.19. The van der Waals surface area contributed by atoms with Crippen molar-refractivity contribution >= 4 is 25.4 Å². The van der Waals surface area contributed by atoms with Gasteiger partial charge < -0.3 is 4.74 Å². The van der Waals surface area contributed by atoms with Crippen LogP contribution in [0.1, 0.15) is 0 Å². The minimum Gasteiger partial charge on any atom is -0.449 e. The standard InChI is InChI=1S/C3H4N2OS/c7-3-5-1-4-2-6-3/h1-3,7H. The molecule has 0 aliphatic carbocycles. The quantitative estimate of drug-likeness (QED) is 0.453. The fourth-order valence-corrected chi connectivity index (χ4v) is 0.362. The summed E-state index contributed by atoms with van der Waals surface area (Å²) >= 11 is 3.85. The van der Waals surface area contributed by atoms with E-state index in [0.29, 0.717) is 0 Å². The third-order valence-electron chi connectivity index (χ3n) is 0.504. The topological polar surface area (TPSA) is 34.0 Å². The first kappa shape index (κ1) is 4.64. The molecule has 0 fully saturated rings. The summed E-state index contributed by atoms with van der Waals surface area (Å²) in [6.07, 6.45) is 2.71. The number of aliphatic imine (C=N–C) groups is 2. The number of hydrogen-bond donors (Lipinski definition) is 1. The van der Waals surface area contributed by atoms with Crippen molar-refractivity contribution in [2.45, 2.75) is 5.56 Å². The Morgan fingerprint density at radius 1 is 1.71 bits per heavy atom. The highest BCUT2D eigenvalue weighted by atomic mass is 32.1. The summed E-state index contributed by atoms with van der Waals surface area (Å²) in [5, 5.41) is 0.